The highest BCUT2D eigenvalue weighted by molar-refractivity contribution is 5.01. The highest BCUT2D eigenvalue weighted by Crippen LogP contribution is 2.19. The molecular weight excluding hydrogens is 162 g/mol. The SMILES string of the molecule is C[C@]1(CO)NC[C@@H](O)[C@H](O)[C@@H]1O. The summed E-state index contributed by atoms with van der Waals surface area (Å²) < 4.78 is 0. The van der Waals surface area contributed by atoms with Crippen molar-refractivity contribution in [2.24, 2.45) is 0 Å². The smallest absolute Gasteiger partial charge is 0.109 e. The largest absolute Gasteiger partial charge is 0.394 e. The molecule has 0 aromatic carbocycles. The van der Waals surface area contributed by atoms with Crippen LogP contribution in [0.4, 0.5) is 0 Å². The van der Waals surface area contributed by atoms with E-state index in [4.69, 9.17) is 10.2 Å². The van der Waals surface area contributed by atoms with E-state index in [1.807, 2.05) is 0 Å². The maximum Gasteiger partial charge on any atom is 0.109 e. The Bertz CT molecular complexity index is 165. The summed E-state index contributed by atoms with van der Waals surface area (Å²) in [6.45, 7) is 1.49. The molecular formula is C7H15NO4. The van der Waals surface area contributed by atoms with Crippen molar-refractivity contribution in [2.45, 2.75) is 30.8 Å². The average molecular weight is 177 g/mol. The molecule has 1 rings (SSSR count). The van der Waals surface area contributed by atoms with Crippen LogP contribution in [0.1, 0.15) is 6.92 Å². The van der Waals surface area contributed by atoms with E-state index in [1.165, 1.54) is 0 Å². The van der Waals surface area contributed by atoms with Gasteiger partial charge in [-0.1, -0.05) is 0 Å². The van der Waals surface area contributed by atoms with Gasteiger partial charge in [-0.15, -0.1) is 0 Å². The molecule has 5 heteroatoms. The van der Waals surface area contributed by atoms with Gasteiger partial charge in [-0.3, -0.25) is 0 Å². The zero-order valence-corrected chi connectivity index (χ0v) is 6.94. The second kappa shape index (κ2) is 3.27. The van der Waals surface area contributed by atoms with Gasteiger partial charge in [-0.05, 0) is 6.92 Å². The fraction of sp³-hybridized carbons (Fsp3) is 1.00. The van der Waals surface area contributed by atoms with Gasteiger partial charge in [-0.2, -0.15) is 0 Å². The molecule has 0 aromatic heterocycles. The molecule has 5 N–H and O–H groups in total. The lowest BCUT2D eigenvalue weighted by Gasteiger charge is -2.43. The molecule has 12 heavy (non-hydrogen) atoms. The van der Waals surface area contributed by atoms with Crippen LogP contribution in [0.25, 0.3) is 0 Å². The predicted octanol–water partition coefficient (Wildman–Crippen LogP) is -2.58. The predicted molar refractivity (Wildman–Crippen MR) is 41.5 cm³/mol. The van der Waals surface area contributed by atoms with Gasteiger partial charge in [0.2, 0.25) is 0 Å². The molecule has 1 saturated heterocycles. The first-order valence-corrected chi connectivity index (χ1v) is 3.91. The molecule has 0 aliphatic carbocycles. The van der Waals surface area contributed by atoms with E-state index >= 15 is 0 Å². The van der Waals surface area contributed by atoms with E-state index < -0.39 is 23.9 Å². The summed E-state index contributed by atoms with van der Waals surface area (Å²) in [4.78, 5) is 0. The second-order valence-electron chi connectivity index (χ2n) is 3.46. The van der Waals surface area contributed by atoms with E-state index in [1.54, 1.807) is 6.92 Å². The third-order valence-corrected chi connectivity index (χ3v) is 2.41. The Kier molecular flexibility index (Phi) is 2.70. The van der Waals surface area contributed by atoms with Crippen LogP contribution in [0.15, 0.2) is 0 Å². The first kappa shape index (κ1) is 9.88. The Morgan fingerprint density at radius 3 is 2.50 bits per heavy atom. The maximum absolute atomic E-state index is 9.43. The molecule has 0 unspecified atom stereocenters. The van der Waals surface area contributed by atoms with E-state index in [0.717, 1.165) is 0 Å². The van der Waals surface area contributed by atoms with Crippen molar-refractivity contribution < 1.29 is 20.4 Å². The van der Waals surface area contributed by atoms with Crippen molar-refractivity contribution in [1.82, 2.24) is 5.32 Å². The molecule has 1 aliphatic rings. The van der Waals surface area contributed by atoms with E-state index in [9.17, 15) is 10.2 Å². The van der Waals surface area contributed by atoms with Crippen LogP contribution in [-0.2, 0) is 0 Å². The molecule has 1 fully saturated rings. The zero-order chi connectivity index (χ0) is 9.35. The molecule has 1 aliphatic heterocycles. The molecule has 0 spiro atoms. The number of rotatable bonds is 1. The zero-order valence-electron chi connectivity index (χ0n) is 6.94. The second-order valence-corrected chi connectivity index (χ2v) is 3.46. The lowest BCUT2D eigenvalue weighted by Crippen LogP contribution is -2.68. The lowest BCUT2D eigenvalue weighted by molar-refractivity contribution is -0.128. The van der Waals surface area contributed by atoms with Gasteiger partial charge in [0.05, 0.1) is 18.2 Å². The molecule has 0 aromatic rings. The van der Waals surface area contributed by atoms with Crippen LogP contribution in [0.2, 0.25) is 0 Å². The summed E-state index contributed by atoms with van der Waals surface area (Å²) in [5.74, 6) is 0. The number of hydrogen-bond acceptors (Lipinski definition) is 5. The van der Waals surface area contributed by atoms with Crippen LogP contribution in [-0.4, -0.2) is 57.4 Å². The summed E-state index contributed by atoms with van der Waals surface area (Å²) in [6.07, 6.45) is -3.31. The third-order valence-electron chi connectivity index (χ3n) is 2.41. The van der Waals surface area contributed by atoms with E-state index in [0.29, 0.717) is 0 Å². The number of aliphatic hydroxyl groups excluding tert-OH is 4. The Hall–Kier alpha value is -0.200. The Morgan fingerprint density at radius 1 is 1.42 bits per heavy atom. The molecule has 0 radical (unpaired) electrons. The molecule has 0 amide bonds. The van der Waals surface area contributed by atoms with Crippen molar-refractivity contribution in [1.29, 1.82) is 0 Å². The first-order valence-electron chi connectivity index (χ1n) is 3.91. The van der Waals surface area contributed by atoms with Crippen LogP contribution in [0, 0.1) is 0 Å². The number of hydrogen-bond donors (Lipinski definition) is 5. The third kappa shape index (κ3) is 1.46. The minimum absolute atomic E-state index is 0.176. The fourth-order valence-corrected chi connectivity index (χ4v) is 1.30. The van der Waals surface area contributed by atoms with Gasteiger partial charge in [0.25, 0.3) is 0 Å². The molecule has 5 nitrogen and oxygen atoms in total. The number of piperidine rings is 1. The normalized spacial score (nSPS) is 49.2. The standard InChI is InChI=1S/C7H15NO4/c1-7(3-9)6(12)5(11)4(10)2-8-7/h4-6,8-12H,2-3H2,1H3/t4-,5+,6+,7-/m1/s1. The highest BCUT2D eigenvalue weighted by Gasteiger charge is 2.44. The lowest BCUT2D eigenvalue weighted by atomic mass is 9.85. The van der Waals surface area contributed by atoms with Gasteiger partial charge in [0, 0.05) is 6.54 Å². The minimum atomic E-state index is -1.19. The van der Waals surface area contributed by atoms with Crippen molar-refractivity contribution in [3.8, 4) is 0 Å². The fourth-order valence-electron chi connectivity index (χ4n) is 1.30. The average Bonchev–Trinajstić information content (AvgIpc) is 2.09. The van der Waals surface area contributed by atoms with E-state index in [-0.39, 0.29) is 13.2 Å². The van der Waals surface area contributed by atoms with Crippen LogP contribution >= 0.6 is 0 Å². The summed E-state index contributed by atoms with van der Waals surface area (Å²) >= 11 is 0. The summed E-state index contributed by atoms with van der Waals surface area (Å²) in [5, 5.41) is 39.5. The molecule has 4 atom stereocenters. The van der Waals surface area contributed by atoms with Crippen LogP contribution < -0.4 is 5.32 Å². The summed E-state index contributed by atoms with van der Waals surface area (Å²) in [5.41, 5.74) is -0.918. The summed E-state index contributed by atoms with van der Waals surface area (Å²) in [6, 6.07) is 0. The Morgan fingerprint density at radius 2 is 2.00 bits per heavy atom. The number of nitrogens with one attached hydrogen (secondary N) is 1. The quantitative estimate of drug-likeness (QED) is 0.303. The van der Waals surface area contributed by atoms with E-state index in [2.05, 4.69) is 5.32 Å². The number of β-amino-alcohol motifs (C(OH)–C–C–N with tert-alkyl or cyclic N) is 1. The monoisotopic (exact) mass is 177 g/mol. The Balaban J connectivity index is 2.71. The van der Waals surface area contributed by atoms with Crippen molar-refractivity contribution in [3.05, 3.63) is 0 Å². The highest BCUT2D eigenvalue weighted by atomic mass is 16.4. The van der Waals surface area contributed by atoms with Crippen LogP contribution in [0.3, 0.4) is 0 Å². The molecule has 1 heterocycles. The molecule has 0 bridgehead atoms. The maximum atomic E-state index is 9.43. The van der Waals surface area contributed by atoms with Crippen molar-refractivity contribution >= 4 is 0 Å². The van der Waals surface area contributed by atoms with Crippen LogP contribution in [0.5, 0.6) is 0 Å². The van der Waals surface area contributed by atoms with Gasteiger partial charge < -0.3 is 25.7 Å². The first-order chi connectivity index (χ1) is 5.51. The molecule has 0 saturated carbocycles. The summed E-state index contributed by atoms with van der Waals surface area (Å²) in [7, 11) is 0. The van der Waals surface area contributed by atoms with Gasteiger partial charge >= 0.3 is 0 Å². The number of aliphatic hydroxyl groups is 4. The Labute approximate surface area is 70.6 Å². The minimum Gasteiger partial charge on any atom is -0.394 e. The molecule has 72 valence electrons. The van der Waals surface area contributed by atoms with Crippen molar-refractivity contribution in [3.63, 3.8) is 0 Å². The van der Waals surface area contributed by atoms with Gasteiger partial charge in [0.1, 0.15) is 12.2 Å². The topological polar surface area (TPSA) is 93.0 Å². The van der Waals surface area contributed by atoms with Gasteiger partial charge in [-0.25, -0.2) is 0 Å². The van der Waals surface area contributed by atoms with Gasteiger partial charge in [0.15, 0.2) is 0 Å². The van der Waals surface area contributed by atoms with Crippen molar-refractivity contribution in [2.75, 3.05) is 13.2 Å².